The van der Waals surface area contributed by atoms with E-state index in [0.29, 0.717) is 38.5 Å². The van der Waals surface area contributed by atoms with Gasteiger partial charge in [0.25, 0.3) is 0 Å². The van der Waals surface area contributed by atoms with Crippen molar-refractivity contribution in [2.24, 2.45) is 5.92 Å². The Morgan fingerprint density at radius 3 is 2.33 bits per heavy atom. The van der Waals surface area contributed by atoms with E-state index in [1.54, 1.807) is 0 Å². The van der Waals surface area contributed by atoms with Crippen molar-refractivity contribution in [2.75, 3.05) is 19.6 Å². The number of carbonyl (C=O) groups excluding carboxylic acids is 2. The molecule has 2 aromatic carbocycles. The third-order valence-electron chi connectivity index (χ3n) is 6.65. The van der Waals surface area contributed by atoms with E-state index in [1.807, 2.05) is 51.1 Å². The number of imide groups is 1. The maximum atomic E-state index is 14.4. The summed E-state index contributed by atoms with van der Waals surface area (Å²) >= 11 is 0. The van der Waals surface area contributed by atoms with Gasteiger partial charge in [-0.25, -0.2) is 26.9 Å². The Morgan fingerprint density at radius 1 is 1.05 bits per heavy atom. The number of halogens is 3. The van der Waals surface area contributed by atoms with Crippen LogP contribution >= 0.6 is 0 Å². The SMILES string of the molecule is CC(C)(C)[S@](=O)N[C@H](Cc1cc(F)c(F)cc1F)C1CCN(CCC(=O)NC(=O)OCc2ccccc2)CC1. The number of nitrogens with zero attached hydrogens (tertiary/aromatic N) is 1. The fourth-order valence-corrected chi connectivity index (χ4v) is 5.25. The van der Waals surface area contributed by atoms with Crippen LogP contribution in [0.4, 0.5) is 18.0 Å². The molecule has 0 bridgehead atoms. The Balaban J connectivity index is 1.50. The lowest BCUT2D eigenvalue weighted by Crippen LogP contribution is -2.48. The minimum absolute atomic E-state index is 0.00172. The van der Waals surface area contributed by atoms with E-state index in [9.17, 15) is 27.0 Å². The number of benzene rings is 2. The van der Waals surface area contributed by atoms with Crippen LogP contribution < -0.4 is 10.0 Å². The average Bonchev–Trinajstić information content (AvgIpc) is 2.89. The van der Waals surface area contributed by atoms with Crippen molar-refractivity contribution in [3.05, 3.63) is 71.0 Å². The minimum atomic E-state index is -1.45. The molecule has 2 aromatic rings. The third-order valence-corrected chi connectivity index (χ3v) is 8.28. The van der Waals surface area contributed by atoms with Gasteiger partial charge in [0.05, 0.1) is 15.7 Å². The maximum absolute atomic E-state index is 14.4. The smallest absolute Gasteiger partial charge is 0.414 e. The molecule has 1 fully saturated rings. The Bertz CT molecular complexity index is 1150. The van der Waals surface area contributed by atoms with Crippen LogP contribution in [-0.4, -0.2) is 51.5 Å². The van der Waals surface area contributed by atoms with Crippen molar-refractivity contribution in [2.45, 2.75) is 63.9 Å². The van der Waals surface area contributed by atoms with Crippen LogP contribution in [0.5, 0.6) is 0 Å². The van der Waals surface area contributed by atoms with E-state index >= 15 is 0 Å². The molecule has 39 heavy (non-hydrogen) atoms. The summed E-state index contributed by atoms with van der Waals surface area (Å²) in [6, 6.07) is 10.1. The fourth-order valence-electron chi connectivity index (χ4n) is 4.35. The Morgan fingerprint density at radius 2 is 1.69 bits per heavy atom. The summed E-state index contributed by atoms with van der Waals surface area (Å²) in [7, 11) is -1.45. The van der Waals surface area contributed by atoms with E-state index in [-0.39, 0.29) is 30.9 Å². The number of amides is 2. The van der Waals surface area contributed by atoms with Crippen molar-refractivity contribution in [3.63, 3.8) is 0 Å². The topological polar surface area (TPSA) is 87.7 Å². The zero-order chi connectivity index (χ0) is 28.6. The van der Waals surface area contributed by atoms with Gasteiger partial charge in [-0.15, -0.1) is 0 Å². The first-order valence-corrected chi connectivity index (χ1v) is 14.1. The average molecular weight is 568 g/mol. The number of piperidine rings is 1. The van der Waals surface area contributed by atoms with E-state index in [0.717, 1.165) is 11.6 Å². The summed E-state index contributed by atoms with van der Waals surface area (Å²) in [4.78, 5) is 26.2. The molecule has 1 heterocycles. The zero-order valence-corrected chi connectivity index (χ0v) is 23.3. The molecule has 7 nitrogen and oxygen atoms in total. The van der Waals surface area contributed by atoms with Crippen molar-refractivity contribution in [1.82, 2.24) is 14.9 Å². The molecule has 1 aliphatic rings. The highest BCUT2D eigenvalue weighted by Crippen LogP contribution is 2.26. The molecule has 0 unspecified atom stereocenters. The summed E-state index contributed by atoms with van der Waals surface area (Å²) in [5.41, 5.74) is 0.838. The Kier molecular flexibility index (Phi) is 11.1. The van der Waals surface area contributed by atoms with Crippen LogP contribution in [0.3, 0.4) is 0 Å². The van der Waals surface area contributed by atoms with Gasteiger partial charge in [-0.3, -0.25) is 10.1 Å². The zero-order valence-electron chi connectivity index (χ0n) is 22.5. The number of rotatable bonds is 10. The number of likely N-dealkylation sites (tertiary alicyclic amines) is 1. The standard InChI is InChI=1S/C28H36F3N3O4S/c1-28(2,3)39(37)33-25(16-21-15-23(30)24(31)17-22(21)29)20-9-12-34(13-10-20)14-11-26(35)32-27(36)38-18-19-7-5-4-6-8-19/h4-8,15,17,20,25,33H,9-14,16,18H2,1-3H3,(H,32,35,36)/t25-,39+/m1/s1. The highest BCUT2D eigenvalue weighted by Gasteiger charge is 2.31. The number of alkyl carbamates (subject to hydrolysis) is 1. The van der Waals surface area contributed by atoms with Crippen LogP contribution in [0.1, 0.15) is 51.2 Å². The number of hydrogen-bond acceptors (Lipinski definition) is 5. The molecule has 11 heteroatoms. The van der Waals surface area contributed by atoms with Crippen molar-refractivity contribution >= 4 is 23.0 Å². The van der Waals surface area contributed by atoms with Crippen molar-refractivity contribution in [1.29, 1.82) is 0 Å². The number of carbonyl (C=O) groups is 2. The van der Waals surface area contributed by atoms with Gasteiger partial charge < -0.3 is 9.64 Å². The van der Waals surface area contributed by atoms with Crippen LogP contribution in [-0.2, 0) is 33.5 Å². The molecule has 2 N–H and O–H groups in total. The Hall–Kier alpha value is -2.76. The second kappa shape index (κ2) is 14.0. The summed E-state index contributed by atoms with van der Waals surface area (Å²) in [5.74, 6) is -3.65. The molecule has 1 aliphatic heterocycles. The summed E-state index contributed by atoms with van der Waals surface area (Å²) in [5, 5.41) is 2.23. The van der Waals surface area contributed by atoms with Gasteiger partial charge in [0, 0.05) is 25.1 Å². The third kappa shape index (κ3) is 9.74. The summed E-state index contributed by atoms with van der Waals surface area (Å²) in [6.45, 7) is 7.22. The van der Waals surface area contributed by atoms with Crippen LogP contribution in [0.15, 0.2) is 42.5 Å². The van der Waals surface area contributed by atoms with E-state index in [4.69, 9.17) is 4.74 Å². The normalized spacial score (nSPS) is 16.5. The maximum Gasteiger partial charge on any atom is 0.414 e. The molecule has 0 spiro atoms. The molecule has 2 atom stereocenters. The Labute approximate surface area is 230 Å². The van der Waals surface area contributed by atoms with Gasteiger partial charge in [-0.05, 0) is 76.2 Å². The molecule has 214 valence electrons. The first-order valence-electron chi connectivity index (χ1n) is 13.0. The van der Waals surface area contributed by atoms with E-state index < -0.39 is 51.2 Å². The fraction of sp³-hybridized carbons (Fsp3) is 0.500. The minimum Gasteiger partial charge on any atom is -0.444 e. The monoisotopic (exact) mass is 567 g/mol. The number of ether oxygens (including phenoxy) is 1. The summed E-state index contributed by atoms with van der Waals surface area (Å²) < 4.78 is 62.1. The molecule has 0 saturated carbocycles. The molecule has 3 rings (SSSR count). The van der Waals surface area contributed by atoms with Gasteiger partial charge in [0.15, 0.2) is 11.6 Å². The number of hydrogen-bond donors (Lipinski definition) is 2. The van der Waals surface area contributed by atoms with Gasteiger partial charge >= 0.3 is 6.09 Å². The van der Waals surface area contributed by atoms with Gasteiger partial charge in [0.1, 0.15) is 12.4 Å². The highest BCUT2D eigenvalue weighted by molar-refractivity contribution is 7.84. The molecular weight excluding hydrogens is 531 g/mol. The largest absolute Gasteiger partial charge is 0.444 e. The molecule has 0 radical (unpaired) electrons. The lowest BCUT2D eigenvalue weighted by Gasteiger charge is -2.37. The summed E-state index contributed by atoms with van der Waals surface area (Å²) in [6.07, 6.45) is 0.716. The first kappa shape index (κ1) is 30.8. The molecule has 1 saturated heterocycles. The van der Waals surface area contributed by atoms with E-state index in [1.165, 1.54) is 0 Å². The molecule has 2 amide bonds. The number of nitrogens with one attached hydrogen (secondary N) is 2. The van der Waals surface area contributed by atoms with Crippen LogP contribution in [0.25, 0.3) is 0 Å². The first-order chi connectivity index (χ1) is 18.4. The predicted molar refractivity (Wildman–Crippen MR) is 143 cm³/mol. The highest BCUT2D eigenvalue weighted by atomic mass is 32.2. The van der Waals surface area contributed by atoms with Crippen LogP contribution in [0, 0.1) is 23.4 Å². The van der Waals surface area contributed by atoms with Gasteiger partial charge in [-0.1, -0.05) is 30.3 Å². The van der Waals surface area contributed by atoms with Gasteiger partial charge in [0.2, 0.25) is 5.91 Å². The lowest BCUT2D eigenvalue weighted by molar-refractivity contribution is -0.120. The van der Waals surface area contributed by atoms with Crippen molar-refractivity contribution < 1.29 is 31.7 Å². The predicted octanol–water partition coefficient (Wildman–Crippen LogP) is 4.62. The molecule has 0 aromatic heterocycles. The van der Waals surface area contributed by atoms with Crippen LogP contribution in [0.2, 0.25) is 0 Å². The van der Waals surface area contributed by atoms with Crippen molar-refractivity contribution in [3.8, 4) is 0 Å². The molecule has 0 aliphatic carbocycles. The molecular formula is C28H36F3N3O4S. The lowest BCUT2D eigenvalue weighted by atomic mass is 9.86. The van der Waals surface area contributed by atoms with E-state index in [2.05, 4.69) is 14.9 Å². The quantitative estimate of drug-likeness (QED) is 0.409. The second-order valence-electron chi connectivity index (χ2n) is 10.7. The van der Waals surface area contributed by atoms with Gasteiger partial charge in [-0.2, -0.15) is 0 Å². The second-order valence-corrected chi connectivity index (χ2v) is 12.7.